The predicted octanol–water partition coefficient (Wildman–Crippen LogP) is 3.24. The lowest BCUT2D eigenvalue weighted by molar-refractivity contribution is 0.468. The molecule has 0 heterocycles. The van der Waals surface area contributed by atoms with Crippen molar-refractivity contribution in [3.05, 3.63) is 35.9 Å². The van der Waals surface area contributed by atoms with Crippen LogP contribution in [0.15, 0.2) is 30.3 Å². The van der Waals surface area contributed by atoms with Crippen molar-refractivity contribution in [3.63, 3.8) is 0 Å². The van der Waals surface area contributed by atoms with Gasteiger partial charge in [0.15, 0.2) is 0 Å². The van der Waals surface area contributed by atoms with Gasteiger partial charge in [0, 0.05) is 11.5 Å². The topological polar surface area (TPSA) is 26.0 Å². The highest BCUT2D eigenvalue weighted by Gasteiger charge is 2.48. The van der Waals surface area contributed by atoms with E-state index in [2.05, 4.69) is 37.3 Å². The maximum Gasteiger partial charge on any atom is 0.0136 e. The van der Waals surface area contributed by atoms with E-state index in [9.17, 15) is 0 Å². The largest absolute Gasteiger partial charge is 0.327 e. The Hall–Kier alpha value is -0.820. The highest BCUT2D eigenvalue weighted by Crippen LogP contribution is 2.51. The van der Waals surface area contributed by atoms with Crippen molar-refractivity contribution >= 4 is 0 Å². The molecule has 1 atom stereocenters. The molecule has 1 unspecified atom stereocenters. The summed E-state index contributed by atoms with van der Waals surface area (Å²) in [7, 11) is 0. The van der Waals surface area contributed by atoms with E-state index in [0.29, 0.717) is 11.5 Å². The summed E-state index contributed by atoms with van der Waals surface area (Å²) in [5.41, 5.74) is 8.11. The molecule has 1 nitrogen and oxygen atoms in total. The molecule has 0 amide bonds. The second kappa shape index (κ2) is 4.36. The number of nitrogens with two attached hydrogens (primary N) is 1. The molecular weight excluding hydrogens is 182 g/mol. The van der Waals surface area contributed by atoms with Gasteiger partial charge in [-0.1, -0.05) is 50.1 Å². The zero-order valence-electron chi connectivity index (χ0n) is 9.58. The molecule has 2 N–H and O–H groups in total. The van der Waals surface area contributed by atoms with Gasteiger partial charge in [0.1, 0.15) is 0 Å². The molecular formula is C14H21N. The van der Waals surface area contributed by atoms with Gasteiger partial charge in [-0.05, 0) is 24.8 Å². The molecule has 15 heavy (non-hydrogen) atoms. The van der Waals surface area contributed by atoms with Gasteiger partial charge >= 0.3 is 0 Å². The van der Waals surface area contributed by atoms with Crippen LogP contribution < -0.4 is 5.73 Å². The lowest BCUT2D eigenvalue weighted by atomic mass is 9.86. The van der Waals surface area contributed by atoms with Crippen molar-refractivity contribution < 1.29 is 0 Å². The highest BCUT2D eigenvalue weighted by atomic mass is 14.7. The van der Waals surface area contributed by atoms with Crippen LogP contribution in [0.5, 0.6) is 0 Å². The van der Waals surface area contributed by atoms with E-state index in [1.54, 1.807) is 0 Å². The number of benzene rings is 1. The van der Waals surface area contributed by atoms with Crippen LogP contribution >= 0.6 is 0 Å². The Labute approximate surface area is 92.7 Å². The van der Waals surface area contributed by atoms with Crippen LogP contribution in [0.2, 0.25) is 0 Å². The van der Waals surface area contributed by atoms with E-state index in [4.69, 9.17) is 5.73 Å². The summed E-state index contributed by atoms with van der Waals surface area (Å²) >= 11 is 0. The van der Waals surface area contributed by atoms with Crippen molar-refractivity contribution in [1.29, 1.82) is 0 Å². The molecule has 0 aliphatic heterocycles. The fourth-order valence-electron chi connectivity index (χ4n) is 2.48. The molecule has 0 bridgehead atoms. The Balaban J connectivity index is 2.07. The summed E-state index contributed by atoms with van der Waals surface area (Å²) < 4.78 is 0. The maximum absolute atomic E-state index is 6.33. The molecule has 1 aliphatic rings. The molecule has 1 aliphatic carbocycles. The summed E-state index contributed by atoms with van der Waals surface area (Å²) in [6.07, 6.45) is 6.24. The van der Waals surface area contributed by atoms with Crippen molar-refractivity contribution in [1.82, 2.24) is 0 Å². The molecule has 1 aromatic rings. The van der Waals surface area contributed by atoms with E-state index in [0.717, 1.165) is 0 Å². The molecule has 2 rings (SSSR count). The third-order valence-corrected chi connectivity index (χ3v) is 3.72. The van der Waals surface area contributed by atoms with Crippen LogP contribution in [-0.4, -0.2) is 6.04 Å². The van der Waals surface area contributed by atoms with Crippen LogP contribution in [0.4, 0.5) is 0 Å². The minimum absolute atomic E-state index is 0.330. The van der Waals surface area contributed by atoms with E-state index in [1.165, 1.54) is 37.7 Å². The monoisotopic (exact) mass is 203 g/mol. The van der Waals surface area contributed by atoms with Crippen LogP contribution in [0.3, 0.4) is 0 Å². The lowest BCUT2D eigenvalue weighted by Crippen LogP contribution is -2.34. The Kier molecular flexibility index (Phi) is 3.11. The van der Waals surface area contributed by atoms with Gasteiger partial charge < -0.3 is 5.73 Å². The van der Waals surface area contributed by atoms with Gasteiger partial charge in [0.25, 0.3) is 0 Å². The van der Waals surface area contributed by atoms with Crippen LogP contribution in [0.25, 0.3) is 0 Å². The molecule has 1 saturated carbocycles. The first-order valence-corrected chi connectivity index (χ1v) is 6.11. The summed E-state index contributed by atoms with van der Waals surface area (Å²) in [6, 6.07) is 11.2. The van der Waals surface area contributed by atoms with Crippen molar-refractivity contribution in [2.45, 2.75) is 50.5 Å². The maximum atomic E-state index is 6.33. The minimum atomic E-state index is 0.330. The molecule has 0 saturated heterocycles. The number of hydrogen-bond donors (Lipinski definition) is 1. The third-order valence-electron chi connectivity index (χ3n) is 3.72. The molecule has 1 aromatic carbocycles. The third kappa shape index (κ3) is 2.07. The molecule has 1 fully saturated rings. The summed E-state index contributed by atoms with van der Waals surface area (Å²) in [6.45, 7) is 2.23. The SMILES string of the molecule is CCCCC(N)C1(c2ccccc2)CC1. The van der Waals surface area contributed by atoms with E-state index >= 15 is 0 Å². The number of hydrogen-bond acceptors (Lipinski definition) is 1. The quantitative estimate of drug-likeness (QED) is 0.781. The molecule has 0 aromatic heterocycles. The Morgan fingerprint density at radius 2 is 1.93 bits per heavy atom. The van der Waals surface area contributed by atoms with Crippen LogP contribution in [-0.2, 0) is 5.41 Å². The minimum Gasteiger partial charge on any atom is -0.327 e. The van der Waals surface area contributed by atoms with E-state index in [-0.39, 0.29) is 0 Å². The predicted molar refractivity (Wildman–Crippen MR) is 64.9 cm³/mol. The summed E-state index contributed by atoms with van der Waals surface area (Å²) in [5, 5.41) is 0. The fraction of sp³-hybridized carbons (Fsp3) is 0.571. The lowest BCUT2D eigenvalue weighted by Gasteiger charge is -2.23. The van der Waals surface area contributed by atoms with Crippen molar-refractivity contribution in [3.8, 4) is 0 Å². The number of unbranched alkanes of at least 4 members (excludes halogenated alkanes) is 1. The van der Waals surface area contributed by atoms with Gasteiger partial charge in [0.05, 0.1) is 0 Å². The zero-order chi connectivity index (χ0) is 10.7. The Morgan fingerprint density at radius 3 is 2.47 bits per heavy atom. The second-order valence-electron chi connectivity index (χ2n) is 4.77. The van der Waals surface area contributed by atoms with E-state index in [1.807, 2.05) is 0 Å². The average Bonchev–Trinajstić information content (AvgIpc) is 3.08. The molecule has 0 spiro atoms. The van der Waals surface area contributed by atoms with Gasteiger partial charge in [-0.25, -0.2) is 0 Å². The average molecular weight is 203 g/mol. The first-order chi connectivity index (χ1) is 7.29. The normalized spacial score (nSPS) is 19.9. The Bertz CT molecular complexity index is 300. The summed E-state index contributed by atoms with van der Waals surface area (Å²) in [4.78, 5) is 0. The molecule has 0 radical (unpaired) electrons. The Morgan fingerprint density at radius 1 is 1.27 bits per heavy atom. The van der Waals surface area contributed by atoms with Gasteiger partial charge in [-0.2, -0.15) is 0 Å². The molecule has 1 heteroatoms. The molecule has 82 valence electrons. The van der Waals surface area contributed by atoms with Gasteiger partial charge in [0.2, 0.25) is 0 Å². The van der Waals surface area contributed by atoms with Gasteiger partial charge in [-0.15, -0.1) is 0 Å². The van der Waals surface area contributed by atoms with Crippen molar-refractivity contribution in [2.75, 3.05) is 0 Å². The van der Waals surface area contributed by atoms with Gasteiger partial charge in [-0.3, -0.25) is 0 Å². The van der Waals surface area contributed by atoms with Crippen molar-refractivity contribution in [2.24, 2.45) is 5.73 Å². The van der Waals surface area contributed by atoms with E-state index < -0.39 is 0 Å². The fourth-order valence-corrected chi connectivity index (χ4v) is 2.48. The van der Waals surface area contributed by atoms with Crippen LogP contribution in [0, 0.1) is 0 Å². The standard InChI is InChI=1S/C14H21N/c1-2-3-9-13(15)14(10-11-14)12-7-5-4-6-8-12/h4-8,13H,2-3,9-11,15H2,1H3. The smallest absolute Gasteiger partial charge is 0.0136 e. The second-order valence-corrected chi connectivity index (χ2v) is 4.77. The summed E-state index contributed by atoms with van der Waals surface area (Å²) in [5.74, 6) is 0. The first kappa shape index (κ1) is 10.7. The highest BCUT2D eigenvalue weighted by molar-refractivity contribution is 5.33. The number of rotatable bonds is 5. The zero-order valence-corrected chi connectivity index (χ0v) is 9.58. The van der Waals surface area contributed by atoms with Crippen LogP contribution in [0.1, 0.15) is 44.6 Å². The first-order valence-electron chi connectivity index (χ1n) is 6.11.